The minimum absolute atomic E-state index is 0.116. The maximum atomic E-state index is 14.3. The van der Waals surface area contributed by atoms with Crippen molar-refractivity contribution >= 4 is 70.3 Å². The van der Waals surface area contributed by atoms with Crippen molar-refractivity contribution in [2.75, 3.05) is 0 Å². The number of aromatic nitrogens is 5. The molecular formula is C38H37N5O4. The van der Waals surface area contributed by atoms with Crippen LogP contribution in [0.4, 0.5) is 0 Å². The number of benzene rings is 5. The van der Waals surface area contributed by atoms with Gasteiger partial charge in [0.05, 0.1) is 5.39 Å². The van der Waals surface area contributed by atoms with Crippen LogP contribution in [0.3, 0.4) is 0 Å². The number of unbranched alkanes of at least 4 members (excludes halogenated alkanes) is 6. The standard InChI is InChI=1S/C38H37N5O4/c1-3-5-7-9-11-21(12-10-8-6-4-2)42-35(44)27-18-14-24-22-13-17-26-32-29(37(46)43-34(26)39-40-38(47)41-43)20-16-23(30(22)32)25-15-19-28(36(42)45)33(27)31(24)25/h13-21H,3-12H2,1-2H3,(H2,40,41,47). The van der Waals surface area contributed by atoms with E-state index in [2.05, 4.69) is 29.1 Å². The van der Waals surface area contributed by atoms with Gasteiger partial charge < -0.3 is 0 Å². The van der Waals surface area contributed by atoms with Gasteiger partial charge in [-0.1, -0.05) is 89.5 Å². The Bertz CT molecular complexity index is 2620. The Morgan fingerprint density at radius 2 is 0.979 bits per heavy atom. The van der Waals surface area contributed by atoms with Crippen LogP contribution in [0.25, 0.3) is 70.3 Å². The first kappa shape index (κ1) is 29.4. The lowest BCUT2D eigenvalue weighted by molar-refractivity contribution is 0.384. The predicted octanol–water partition coefficient (Wildman–Crippen LogP) is 7.51. The highest BCUT2D eigenvalue weighted by molar-refractivity contribution is 6.39. The summed E-state index contributed by atoms with van der Waals surface area (Å²) in [6, 6.07) is 15.3. The van der Waals surface area contributed by atoms with Gasteiger partial charge in [-0.2, -0.15) is 9.61 Å². The molecule has 0 spiro atoms. The molecule has 9 nitrogen and oxygen atoms in total. The summed E-state index contributed by atoms with van der Waals surface area (Å²) >= 11 is 0. The molecule has 0 aliphatic rings. The van der Waals surface area contributed by atoms with E-state index in [0.717, 1.165) is 107 Å². The Kier molecular flexibility index (Phi) is 7.08. The van der Waals surface area contributed by atoms with E-state index >= 15 is 0 Å². The fourth-order valence-corrected chi connectivity index (χ4v) is 8.09. The van der Waals surface area contributed by atoms with Gasteiger partial charge in [0.25, 0.3) is 16.7 Å². The molecule has 0 radical (unpaired) electrons. The van der Waals surface area contributed by atoms with Crippen LogP contribution in [0.15, 0.2) is 67.7 Å². The zero-order valence-corrected chi connectivity index (χ0v) is 26.7. The van der Waals surface area contributed by atoms with Gasteiger partial charge in [-0.25, -0.2) is 15.0 Å². The van der Waals surface area contributed by atoms with Gasteiger partial charge in [0.1, 0.15) is 0 Å². The van der Waals surface area contributed by atoms with E-state index in [1.54, 1.807) is 10.6 Å². The minimum Gasteiger partial charge on any atom is -0.271 e. The minimum atomic E-state index is -0.577. The summed E-state index contributed by atoms with van der Waals surface area (Å²) in [5.74, 6) is 0. The summed E-state index contributed by atoms with van der Waals surface area (Å²) in [4.78, 5) is 54.2. The van der Waals surface area contributed by atoms with Crippen LogP contribution in [0.2, 0.25) is 0 Å². The fourth-order valence-electron chi connectivity index (χ4n) is 8.09. The number of rotatable bonds is 11. The summed E-state index contributed by atoms with van der Waals surface area (Å²) in [5, 5.41) is 18.5. The third-order valence-corrected chi connectivity index (χ3v) is 10.3. The smallest absolute Gasteiger partial charge is 0.271 e. The average molecular weight is 628 g/mol. The van der Waals surface area contributed by atoms with Crippen molar-refractivity contribution in [3.63, 3.8) is 0 Å². The predicted molar refractivity (Wildman–Crippen MR) is 191 cm³/mol. The van der Waals surface area contributed by atoms with Crippen molar-refractivity contribution < 1.29 is 0 Å². The van der Waals surface area contributed by atoms with Crippen LogP contribution in [0, 0.1) is 0 Å². The number of fused-ring (bicyclic) bond motifs is 4. The summed E-state index contributed by atoms with van der Waals surface area (Å²) < 4.78 is 2.76. The third-order valence-electron chi connectivity index (χ3n) is 10.3. The van der Waals surface area contributed by atoms with E-state index in [4.69, 9.17) is 0 Å². The molecule has 0 unspecified atom stereocenters. The maximum Gasteiger partial charge on any atom is 0.354 e. The van der Waals surface area contributed by atoms with Gasteiger partial charge in [-0.05, 0) is 69.4 Å². The Morgan fingerprint density at radius 3 is 1.49 bits per heavy atom. The van der Waals surface area contributed by atoms with Crippen molar-refractivity contribution in [3.05, 3.63) is 90.1 Å². The molecule has 238 valence electrons. The number of hydrogen-bond donors (Lipinski definition) is 2. The molecule has 0 amide bonds. The second-order valence-electron chi connectivity index (χ2n) is 13.1. The summed E-state index contributed by atoms with van der Waals surface area (Å²) in [5.41, 5.74) is -1.01. The lowest BCUT2D eigenvalue weighted by Gasteiger charge is -2.22. The number of aromatic amines is 2. The van der Waals surface area contributed by atoms with Crippen molar-refractivity contribution in [2.24, 2.45) is 0 Å². The molecule has 3 heterocycles. The summed E-state index contributed by atoms with van der Waals surface area (Å²) in [6.45, 7) is 4.38. The van der Waals surface area contributed by atoms with Crippen molar-refractivity contribution in [2.45, 2.75) is 84.1 Å². The lowest BCUT2D eigenvalue weighted by Crippen LogP contribution is -2.36. The number of H-pyrrole nitrogens is 2. The second kappa shape index (κ2) is 11.3. The molecule has 3 aromatic heterocycles. The first-order valence-corrected chi connectivity index (χ1v) is 17.0. The van der Waals surface area contributed by atoms with Gasteiger partial charge >= 0.3 is 5.69 Å². The van der Waals surface area contributed by atoms with E-state index in [0.29, 0.717) is 27.2 Å². The van der Waals surface area contributed by atoms with E-state index in [9.17, 15) is 19.2 Å². The molecule has 0 aliphatic heterocycles. The summed E-state index contributed by atoms with van der Waals surface area (Å²) in [6.07, 6.45) is 10.5. The highest BCUT2D eigenvalue weighted by Crippen LogP contribution is 2.44. The SMILES string of the molecule is CCCCCCC(CCCCCC)n1c(=O)c2ccc3c4ccc5c(=O)n6[nH]c(=O)[nH]nc6c6ccc(c7ccc(c1=O)c2c37)c4c56. The fraction of sp³-hybridized carbons (Fsp3) is 0.342. The van der Waals surface area contributed by atoms with Gasteiger partial charge in [0, 0.05) is 33.0 Å². The molecule has 2 N–H and O–H groups in total. The van der Waals surface area contributed by atoms with Gasteiger partial charge in [0.2, 0.25) is 0 Å². The molecule has 0 atom stereocenters. The molecular weight excluding hydrogens is 590 g/mol. The van der Waals surface area contributed by atoms with Gasteiger partial charge in [-0.15, -0.1) is 0 Å². The highest BCUT2D eigenvalue weighted by Gasteiger charge is 2.24. The molecule has 0 fully saturated rings. The molecule has 0 bridgehead atoms. The van der Waals surface area contributed by atoms with Crippen molar-refractivity contribution in [1.82, 2.24) is 24.4 Å². The first-order valence-electron chi connectivity index (χ1n) is 17.0. The van der Waals surface area contributed by atoms with Crippen molar-refractivity contribution in [3.8, 4) is 0 Å². The Hall–Kier alpha value is -5.05. The summed E-state index contributed by atoms with van der Waals surface area (Å²) in [7, 11) is 0. The zero-order chi connectivity index (χ0) is 32.4. The zero-order valence-electron chi connectivity index (χ0n) is 26.7. The molecule has 0 aliphatic carbocycles. The second-order valence-corrected chi connectivity index (χ2v) is 13.1. The lowest BCUT2D eigenvalue weighted by atomic mass is 9.86. The van der Waals surface area contributed by atoms with Crippen LogP contribution in [0.1, 0.15) is 84.1 Å². The van der Waals surface area contributed by atoms with Crippen molar-refractivity contribution in [1.29, 1.82) is 0 Å². The normalized spacial score (nSPS) is 12.6. The largest absolute Gasteiger partial charge is 0.354 e. The van der Waals surface area contributed by atoms with Crippen LogP contribution in [-0.2, 0) is 0 Å². The Balaban J connectivity index is 1.40. The number of pyridine rings is 2. The molecule has 5 aromatic carbocycles. The number of nitrogens with one attached hydrogen (secondary N) is 2. The van der Waals surface area contributed by atoms with Crippen LogP contribution in [0.5, 0.6) is 0 Å². The first-order chi connectivity index (χ1) is 22.9. The van der Waals surface area contributed by atoms with E-state index in [-0.39, 0.29) is 22.7 Å². The molecule has 9 heteroatoms. The molecule has 0 saturated carbocycles. The maximum absolute atomic E-state index is 14.3. The highest BCUT2D eigenvalue weighted by atomic mass is 16.2. The topological polar surface area (TPSA) is 122 Å². The Morgan fingerprint density at radius 1 is 0.553 bits per heavy atom. The van der Waals surface area contributed by atoms with E-state index in [1.165, 1.54) is 4.52 Å². The number of hydrogen-bond acceptors (Lipinski definition) is 5. The van der Waals surface area contributed by atoms with Gasteiger partial charge in [0.15, 0.2) is 5.65 Å². The number of nitrogens with zero attached hydrogens (tertiary/aromatic N) is 3. The quantitative estimate of drug-likeness (QED) is 0.0873. The molecule has 47 heavy (non-hydrogen) atoms. The molecule has 0 saturated heterocycles. The van der Waals surface area contributed by atoms with Crippen LogP contribution >= 0.6 is 0 Å². The monoisotopic (exact) mass is 627 g/mol. The molecule has 8 aromatic rings. The van der Waals surface area contributed by atoms with E-state index < -0.39 is 5.69 Å². The average Bonchev–Trinajstić information content (AvgIpc) is 3.08. The van der Waals surface area contributed by atoms with Gasteiger partial charge in [-0.3, -0.25) is 19.0 Å². The van der Waals surface area contributed by atoms with Crippen LogP contribution in [-0.4, -0.2) is 24.4 Å². The Labute approximate surface area is 268 Å². The van der Waals surface area contributed by atoms with E-state index in [1.807, 2.05) is 42.5 Å². The molecule has 8 rings (SSSR count). The third kappa shape index (κ3) is 4.32. The van der Waals surface area contributed by atoms with Crippen LogP contribution < -0.4 is 22.4 Å².